The number of hydrogen-bond donors (Lipinski definition) is 2. The van der Waals surface area contributed by atoms with Gasteiger partial charge in [0.25, 0.3) is 0 Å². The minimum absolute atomic E-state index is 0.141. The number of nitrogens with zero attached hydrogens (tertiary/aromatic N) is 3. The van der Waals surface area contributed by atoms with Gasteiger partial charge >= 0.3 is 12.2 Å². The first-order chi connectivity index (χ1) is 14.1. The fraction of sp³-hybridized carbons (Fsp3) is 0.389. The van der Waals surface area contributed by atoms with Gasteiger partial charge in [0.05, 0.1) is 17.9 Å². The summed E-state index contributed by atoms with van der Waals surface area (Å²) in [5.74, 6) is -0.191. The minimum atomic E-state index is -0.750. The molecular weight excluding hydrogens is 385 g/mol. The first-order valence-electron chi connectivity index (χ1n) is 9.17. The standard InChI is InChI=1S/C18H20FN5O5/c19-14-9-12(1-2-15(14)23-6-4-20-5-7-23)24-10-13(29-18(24)26)11-27-17(25)21-16-3-8-28-22-16/h1-3,8-9,13,20H,4-7,10-11H2,(H,21,22,25). The number of amides is 2. The Balaban J connectivity index is 1.34. The number of piperazine rings is 1. The number of carbonyl (C=O) groups is 2. The van der Waals surface area contributed by atoms with E-state index in [1.165, 1.54) is 23.3 Å². The quantitative estimate of drug-likeness (QED) is 0.775. The lowest BCUT2D eigenvalue weighted by Crippen LogP contribution is -2.43. The van der Waals surface area contributed by atoms with Crippen LogP contribution in [-0.2, 0) is 9.47 Å². The lowest BCUT2D eigenvalue weighted by atomic mass is 10.2. The van der Waals surface area contributed by atoms with E-state index in [-0.39, 0.29) is 19.0 Å². The van der Waals surface area contributed by atoms with Crippen molar-refractivity contribution in [1.29, 1.82) is 0 Å². The van der Waals surface area contributed by atoms with Crippen LogP contribution in [0.4, 0.5) is 31.2 Å². The van der Waals surface area contributed by atoms with Crippen LogP contribution in [0.3, 0.4) is 0 Å². The van der Waals surface area contributed by atoms with Crippen molar-refractivity contribution in [2.45, 2.75) is 6.10 Å². The van der Waals surface area contributed by atoms with Crippen LogP contribution in [0.25, 0.3) is 0 Å². The van der Waals surface area contributed by atoms with E-state index >= 15 is 0 Å². The van der Waals surface area contributed by atoms with Gasteiger partial charge in [-0.05, 0) is 18.2 Å². The molecule has 4 rings (SSSR count). The number of aromatic nitrogens is 1. The predicted molar refractivity (Wildman–Crippen MR) is 101 cm³/mol. The maximum atomic E-state index is 14.6. The Kier molecular flexibility index (Phi) is 5.47. The Morgan fingerprint density at radius 1 is 1.34 bits per heavy atom. The summed E-state index contributed by atoms with van der Waals surface area (Å²) in [7, 11) is 0. The maximum Gasteiger partial charge on any atom is 0.414 e. The minimum Gasteiger partial charge on any atom is -0.445 e. The van der Waals surface area contributed by atoms with E-state index in [9.17, 15) is 14.0 Å². The van der Waals surface area contributed by atoms with Crippen molar-refractivity contribution in [3.05, 3.63) is 36.3 Å². The van der Waals surface area contributed by atoms with Crippen molar-refractivity contribution in [1.82, 2.24) is 10.5 Å². The van der Waals surface area contributed by atoms with Crippen LogP contribution in [0.2, 0.25) is 0 Å². The van der Waals surface area contributed by atoms with E-state index in [4.69, 9.17) is 9.47 Å². The van der Waals surface area contributed by atoms with E-state index in [1.54, 1.807) is 12.1 Å². The van der Waals surface area contributed by atoms with E-state index in [0.717, 1.165) is 26.2 Å². The molecule has 0 spiro atoms. The molecule has 11 heteroatoms. The number of cyclic esters (lactones) is 1. The third-order valence-corrected chi connectivity index (χ3v) is 4.64. The number of halogens is 1. The van der Waals surface area contributed by atoms with Gasteiger partial charge in [-0.1, -0.05) is 5.16 Å². The van der Waals surface area contributed by atoms with Gasteiger partial charge in [-0.2, -0.15) is 0 Å². The third-order valence-electron chi connectivity index (χ3n) is 4.64. The number of ether oxygens (including phenoxy) is 2. The van der Waals surface area contributed by atoms with Gasteiger partial charge in [-0.3, -0.25) is 10.2 Å². The molecule has 0 bridgehead atoms. The highest BCUT2D eigenvalue weighted by atomic mass is 19.1. The Bertz CT molecular complexity index is 872. The number of rotatable bonds is 5. The highest BCUT2D eigenvalue weighted by Crippen LogP contribution is 2.28. The molecule has 1 atom stereocenters. The average molecular weight is 405 g/mol. The van der Waals surface area contributed by atoms with E-state index in [2.05, 4.69) is 20.3 Å². The zero-order valence-corrected chi connectivity index (χ0v) is 15.5. The van der Waals surface area contributed by atoms with Crippen molar-refractivity contribution in [3.8, 4) is 0 Å². The van der Waals surface area contributed by atoms with Gasteiger partial charge in [-0.15, -0.1) is 0 Å². The molecule has 2 fully saturated rings. The SMILES string of the molecule is O=C(Nc1ccon1)OCC1CN(c2ccc(N3CCNCC3)c(F)c2)C(=O)O1. The van der Waals surface area contributed by atoms with Gasteiger partial charge in [0.15, 0.2) is 11.9 Å². The van der Waals surface area contributed by atoms with Gasteiger partial charge in [0, 0.05) is 32.2 Å². The molecule has 29 heavy (non-hydrogen) atoms. The normalized spacial score (nSPS) is 19.2. The average Bonchev–Trinajstić information content (AvgIpc) is 3.36. The number of nitrogens with one attached hydrogen (secondary N) is 2. The molecule has 154 valence electrons. The van der Waals surface area contributed by atoms with E-state index in [0.29, 0.717) is 11.4 Å². The molecule has 0 saturated carbocycles. The van der Waals surface area contributed by atoms with Crippen molar-refractivity contribution < 1.29 is 28.0 Å². The molecule has 2 N–H and O–H groups in total. The molecular formula is C18H20FN5O5. The zero-order valence-electron chi connectivity index (χ0n) is 15.5. The van der Waals surface area contributed by atoms with Crippen LogP contribution in [0.1, 0.15) is 0 Å². The predicted octanol–water partition coefficient (Wildman–Crippen LogP) is 1.80. The summed E-state index contributed by atoms with van der Waals surface area (Å²) < 4.78 is 29.4. The fourth-order valence-electron chi connectivity index (χ4n) is 3.23. The smallest absolute Gasteiger partial charge is 0.414 e. The summed E-state index contributed by atoms with van der Waals surface area (Å²) >= 11 is 0. The molecule has 0 aliphatic carbocycles. The van der Waals surface area contributed by atoms with Gasteiger partial charge in [0.1, 0.15) is 18.7 Å². The van der Waals surface area contributed by atoms with Crippen LogP contribution in [0.15, 0.2) is 35.1 Å². The highest BCUT2D eigenvalue weighted by molar-refractivity contribution is 5.90. The molecule has 1 aromatic carbocycles. The second-order valence-corrected chi connectivity index (χ2v) is 6.60. The van der Waals surface area contributed by atoms with Crippen LogP contribution in [-0.4, -0.2) is 62.8 Å². The summed E-state index contributed by atoms with van der Waals surface area (Å²) in [6.45, 7) is 3.03. The molecule has 2 amide bonds. The van der Waals surface area contributed by atoms with Crippen molar-refractivity contribution >= 4 is 29.4 Å². The summed E-state index contributed by atoms with van der Waals surface area (Å²) in [6, 6.07) is 6.12. The second-order valence-electron chi connectivity index (χ2n) is 6.60. The second kappa shape index (κ2) is 8.35. The molecule has 2 aliphatic rings. The van der Waals surface area contributed by atoms with Crippen molar-refractivity contribution in [2.24, 2.45) is 0 Å². The molecule has 1 unspecified atom stereocenters. The lowest BCUT2D eigenvalue weighted by molar-refractivity contribution is 0.0797. The lowest BCUT2D eigenvalue weighted by Gasteiger charge is -2.30. The largest absolute Gasteiger partial charge is 0.445 e. The van der Waals surface area contributed by atoms with Gasteiger partial charge in [0.2, 0.25) is 0 Å². The summed E-state index contributed by atoms with van der Waals surface area (Å²) in [5.41, 5.74) is 0.896. The highest BCUT2D eigenvalue weighted by Gasteiger charge is 2.34. The summed E-state index contributed by atoms with van der Waals surface area (Å²) in [5, 5.41) is 9.11. The third kappa shape index (κ3) is 4.40. The fourth-order valence-corrected chi connectivity index (χ4v) is 3.23. The molecule has 2 aliphatic heterocycles. The van der Waals surface area contributed by atoms with Crippen molar-refractivity contribution in [3.63, 3.8) is 0 Å². The number of hydrogen-bond acceptors (Lipinski definition) is 8. The maximum absolute atomic E-state index is 14.6. The topological polar surface area (TPSA) is 109 Å². The van der Waals surface area contributed by atoms with Crippen LogP contribution in [0, 0.1) is 5.82 Å². The summed E-state index contributed by atoms with van der Waals surface area (Å²) in [4.78, 5) is 27.1. The zero-order chi connectivity index (χ0) is 20.2. The van der Waals surface area contributed by atoms with Crippen LogP contribution < -0.4 is 20.4 Å². The Morgan fingerprint density at radius 2 is 2.17 bits per heavy atom. The first-order valence-corrected chi connectivity index (χ1v) is 9.17. The van der Waals surface area contributed by atoms with E-state index in [1.807, 2.05) is 4.90 Å². The number of carbonyl (C=O) groups excluding carboxylic acids is 2. The summed E-state index contributed by atoms with van der Waals surface area (Å²) in [6.07, 6.45) is -0.732. The number of benzene rings is 1. The molecule has 2 aromatic rings. The van der Waals surface area contributed by atoms with Crippen molar-refractivity contribution in [2.75, 3.05) is 54.4 Å². The molecule has 10 nitrogen and oxygen atoms in total. The Morgan fingerprint density at radius 3 is 2.90 bits per heavy atom. The van der Waals surface area contributed by atoms with E-state index < -0.39 is 24.1 Å². The van der Waals surface area contributed by atoms with Gasteiger partial charge in [-0.25, -0.2) is 14.0 Å². The monoisotopic (exact) mass is 405 g/mol. The molecule has 3 heterocycles. The molecule has 2 saturated heterocycles. The van der Waals surface area contributed by atoms with Gasteiger partial charge < -0.3 is 24.2 Å². The Labute approximate surface area is 165 Å². The molecule has 0 radical (unpaired) electrons. The number of anilines is 3. The Hall–Kier alpha value is -3.34. The molecule has 1 aromatic heterocycles. The van der Waals surface area contributed by atoms with Crippen LogP contribution in [0.5, 0.6) is 0 Å². The first kappa shape index (κ1) is 19.0. The van der Waals surface area contributed by atoms with Crippen LogP contribution >= 0.6 is 0 Å².